The van der Waals surface area contributed by atoms with Crippen LogP contribution in [0.5, 0.6) is 11.9 Å². The Morgan fingerprint density at radius 3 is 2.82 bits per heavy atom. The topological polar surface area (TPSA) is 83.8 Å². The normalized spacial score (nSPS) is 26.3. The van der Waals surface area contributed by atoms with Gasteiger partial charge in [0.15, 0.2) is 0 Å². The smallest absolute Gasteiger partial charge is 0.316 e. The number of nitrogens with zero attached hydrogens (tertiary/aromatic N) is 5. The number of hydrogen-bond donors (Lipinski definition) is 1. The molecule has 1 aromatic carbocycles. The van der Waals surface area contributed by atoms with E-state index in [9.17, 15) is 13.9 Å². The molecule has 3 atom stereocenters. The fourth-order valence-electron chi connectivity index (χ4n) is 7.23. The molecule has 1 N–H and O–H groups in total. The minimum atomic E-state index is -1.81. The van der Waals surface area contributed by atoms with Crippen molar-refractivity contribution in [3.63, 3.8) is 0 Å². The third-order valence-corrected chi connectivity index (χ3v) is 9.34. The molecule has 4 aliphatic rings. The molecule has 1 aliphatic carbocycles. The number of benzene rings is 1. The summed E-state index contributed by atoms with van der Waals surface area (Å²) in [7, 11) is 1.44. The predicted molar refractivity (Wildman–Crippen MR) is 158 cm³/mol. The van der Waals surface area contributed by atoms with Crippen molar-refractivity contribution >= 4 is 16.6 Å². The molecule has 0 radical (unpaired) electrons. The highest BCUT2D eigenvalue weighted by Crippen LogP contribution is 2.44. The Balaban J connectivity index is 1.30. The molecular weight excluding hydrogens is 571 g/mol. The van der Waals surface area contributed by atoms with Gasteiger partial charge in [-0.15, -0.1) is 6.42 Å². The zero-order valence-corrected chi connectivity index (χ0v) is 24.3. The van der Waals surface area contributed by atoms with Crippen LogP contribution >= 0.6 is 0 Å². The molecular formula is C33H32F3N5O3. The van der Waals surface area contributed by atoms with Crippen LogP contribution in [0, 0.1) is 24.0 Å². The molecule has 1 unspecified atom stereocenters. The van der Waals surface area contributed by atoms with Crippen molar-refractivity contribution in [1.82, 2.24) is 24.8 Å². The molecule has 5 heterocycles. The van der Waals surface area contributed by atoms with Gasteiger partial charge < -0.3 is 19.5 Å². The molecule has 11 heteroatoms. The maximum absolute atomic E-state index is 15.4. The van der Waals surface area contributed by atoms with E-state index in [0.29, 0.717) is 42.7 Å². The summed E-state index contributed by atoms with van der Waals surface area (Å²) in [6.07, 6.45) is 14.6. The first-order chi connectivity index (χ1) is 21.2. The van der Waals surface area contributed by atoms with E-state index in [2.05, 4.69) is 25.8 Å². The van der Waals surface area contributed by atoms with E-state index in [1.54, 1.807) is 12.1 Å². The van der Waals surface area contributed by atoms with Gasteiger partial charge in [-0.25, -0.2) is 23.1 Å². The molecule has 8 nitrogen and oxygen atoms in total. The molecule has 2 fully saturated rings. The zero-order valence-electron chi connectivity index (χ0n) is 24.3. The number of rotatable bonds is 6. The van der Waals surface area contributed by atoms with Gasteiger partial charge in [-0.05, 0) is 37.9 Å². The summed E-state index contributed by atoms with van der Waals surface area (Å²) in [6.45, 7) is 2.57. The van der Waals surface area contributed by atoms with E-state index in [-0.39, 0.29) is 52.8 Å². The first-order valence-corrected chi connectivity index (χ1v) is 14.8. The number of halogens is 3. The minimum Gasteiger partial charge on any atom is -0.480 e. The molecule has 3 aromatic rings. The van der Waals surface area contributed by atoms with Gasteiger partial charge in [-0.2, -0.15) is 4.98 Å². The quantitative estimate of drug-likeness (QED) is 0.330. The number of ether oxygens (including phenoxy) is 2. The van der Waals surface area contributed by atoms with E-state index in [0.717, 1.165) is 31.9 Å². The molecule has 2 aromatic heterocycles. The van der Waals surface area contributed by atoms with Gasteiger partial charge in [0.05, 0.1) is 34.8 Å². The van der Waals surface area contributed by atoms with Gasteiger partial charge in [0.25, 0.3) is 0 Å². The number of aliphatic hydroxyl groups is 1. The summed E-state index contributed by atoms with van der Waals surface area (Å²) in [5, 5.41) is 12.7. The van der Waals surface area contributed by atoms with Crippen molar-refractivity contribution in [3.8, 4) is 24.2 Å². The largest absolute Gasteiger partial charge is 0.480 e. The molecule has 3 aliphatic heterocycles. The molecule has 0 amide bonds. The Hall–Kier alpha value is -4.14. The number of aromatic nitrogens is 3. The highest BCUT2D eigenvalue weighted by atomic mass is 19.1. The summed E-state index contributed by atoms with van der Waals surface area (Å²) in [4.78, 5) is 17.6. The summed E-state index contributed by atoms with van der Waals surface area (Å²) >= 11 is 0. The molecule has 0 spiro atoms. The van der Waals surface area contributed by atoms with Crippen molar-refractivity contribution in [1.29, 1.82) is 0 Å². The first kappa shape index (κ1) is 28.6. The van der Waals surface area contributed by atoms with Crippen LogP contribution in [-0.2, 0) is 12.0 Å². The lowest BCUT2D eigenvalue weighted by Gasteiger charge is -2.38. The summed E-state index contributed by atoms with van der Waals surface area (Å²) < 4.78 is 56.2. The lowest BCUT2D eigenvalue weighted by Crippen LogP contribution is -2.43. The average Bonchev–Trinajstić information content (AvgIpc) is 3.55. The van der Waals surface area contributed by atoms with Gasteiger partial charge in [0, 0.05) is 61.6 Å². The number of hydrogen-bond acceptors (Lipinski definition) is 8. The van der Waals surface area contributed by atoms with Crippen LogP contribution in [0.3, 0.4) is 0 Å². The van der Waals surface area contributed by atoms with Gasteiger partial charge >= 0.3 is 6.01 Å². The molecule has 2 saturated heterocycles. The Bertz CT molecular complexity index is 1760. The van der Waals surface area contributed by atoms with E-state index in [1.807, 2.05) is 17.1 Å². The van der Waals surface area contributed by atoms with E-state index in [4.69, 9.17) is 15.9 Å². The van der Waals surface area contributed by atoms with Crippen LogP contribution in [0.1, 0.15) is 48.1 Å². The summed E-state index contributed by atoms with van der Waals surface area (Å²) in [6, 6.07) is 2.47. The van der Waals surface area contributed by atoms with Crippen LogP contribution < -0.4 is 9.47 Å². The zero-order chi connectivity index (χ0) is 30.6. The van der Waals surface area contributed by atoms with Gasteiger partial charge in [-0.1, -0.05) is 18.1 Å². The standard InChI is InChI=1S/C33H32F3N5O3/c1-3-21-24(35)12-25(36)22-15-33(42,16-27(29(21)22)40-9-5-4-6-10-40)28-13-26-23(30(39-28)43-2)17-37-31(38-26)44-19-32-8-7-11-41(32)18-20(34)14-32/h1,4-5,12-13,16-17,20,42H,6-11,14-15,18-19H2,2H3/t20-,32+,33?/m1/s1. The third-order valence-electron chi connectivity index (χ3n) is 9.34. The summed E-state index contributed by atoms with van der Waals surface area (Å²) in [5.41, 5.74) is -0.885. The van der Waals surface area contributed by atoms with Gasteiger partial charge in [0.2, 0.25) is 5.88 Å². The van der Waals surface area contributed by atoms with E-state index < -0.39 is 23.4 Å². The molecule has 44 heavy (non-hydrogen) atoms. The number of methoxy groups -OCH3 is 1. The first-order valence-electron chi connectivity index (χ1n) is 14.8. The van der Waals surface area contributed by atoms with E-state index >= 15 is 4.39 Å². The van der Waals surface area contributed by atoms with Crippen LogP contribution in [0.15, 0.2) is 36.6 Å². The number of alkyl halides is 1. The van der Waals surface area contributed by atoms with Gasteiger partial charge in [0.1, 0.15) is 30.0 Å². The van der Waals surface area contributed by atoms with Crippen molar-refractivity contribution in [2.45, 2.75) is 49.4 Å². The number of terminal acetylenes is 1. The number of fused-ring (bicyclic) bond motifs is 3. The highest BCUT2D eigenvalue weighted by molar-refractivity contribution is 5.84. The molecule has 7 rings (SSSR count). The molecule has 0 bridgehead atoms. The second-order valence-electron chi connectivity index (χ2n) is 12.0. The second kappa shape index (κ2) is 10.8. The molecule has 228 valence electrons. The monoisotopic (exact) mass is 603 g/mol. The van der Waals surface area contributed by atoms with Crippen molar-refractivity contribution in [2.24, 2.45) is 0 Å². The Kier molecular flexibility index (Phi) is 7.02. The minimum absolute atomic E-state index is 0.0514. The average molecular weight is 604 g/mol. The van der Waals surface area contributed by atoms with E-state index in [1.165, 1.54) is 13.3 Å². The summed E-state index contributed by atoms with van der Waals surface area (Å²) in [5.74, 6) is 0.915. The van der Waals surface area contributed by atoms with Crippen LogP contribution in [0.2, 0.25) is 0 Å². The fourth-order valence-corrected chi connectivity index (χ4v) is 7.23. The Labute approximate surface area is 253 Å². The maximum atomic E-state index is 15.4. The second-order valence-corrected chi connectivity index (χ2v) is 12.0. The Morgan fingerprint density at radius 2 is 2.05 bits per heavy atom. The fraction of sp³-hybridized carbons (Fsp3) is 0.424. The molecule has 0 saturated carbocycles. The lowest BCUT2D eigenvalue weighted by atomic mass is 9.79. The highest BCUT2D eigenvalue weighted by Gasteiger charge is 2.49. The van der Waals surface area contributed by atoms with Gasteiger partial charge in [-0.3, -0.25) is 4.90 Å². The van der Waals surface area contributed by atoms with Crippen molar-refractivity contribution in [2.75, 3.05) is 39.9 Å². The van der Waals surface area contributed by atoms with Crippen molar-refractivity contribution < 1.29 is 27.8 Å². The van der Waals surface area contributed by atoms with Crippen molar-refractivity contribution in [3.05, 3.63) is 70.6 Å². The van der Waals surface area contributed by atoms with Crippen LogP contribution in [0.4, 0.5) is 13.2 Å². The lowest BCUT2D eigenvalue weighted by molar-refractivity contribution is 0.0807. The van der Waals surface area contributed by atoms with Crippen LogP contribution in [-0.4, -0.2) is 81.5 Å². The predicted octanol–water partition coefficient (Wildman–Crippen LogP) is 4.29. The SMILES string of the molecule is C#Cc1c(F)cc(F)c2c1C(N1CC=CCC1)=CC(O)(c1cc3nc(OC[C@@]45CCCN4C[C@H](F)C5)ncc3c(OC)n1)C2. The third kappa shape index (κ3) is 4.68. The van der Waals surface area contributed by atoms with Crippen LogP contribution in [0.25, 0.3) is 16.6 Å². The maximum Gasteiger partial charge on any atom is 0.316 e. The number of pyridine rings is 1. The Morgan fingerprint density at radius 1 is 1.18 bits per heavy atom.